The normalized spacial score (nSPS) is 11.3. The van der Waals surface area contributed by atoms with Crippen LogP contribution in [0.1, 0.15) is 6.92 Å². The van der Waals surface area contributed by atoms with Gasteiger partial charge in [-0.05, 0) is 25.2 Å². The molecule has 0 spiro atoms. The molecule has 0 radical (unpaired) electrons. The van der Waals surface area contributed by atoms with Gasteiger partial charge in [-0.3, -0.25) is 19.2 Å². The van der Waals surface area contributed by atoms with Crippen LogP contribution in [0.5, 0.6) is 0 Å². The Bertz CT molecular complexity index is 542. The van der Waals surface area contributed by atoms with Crippen molar-refractivity contribution < 1.29 is 29.0 Å². The maximum atomic E-state index is 10.9. The minimum atomic E-state index is -0.481. The van der Waals surface area contributed by atoms with Gasteiger partial charge in [0, 0.05) is 18.7 Å². The van der Waals surface area contributed by atoms with Gasteiger partial charge in [0.2, 0.25) is 23.6 Å². The van der Waals surface area contributed by atoms with E-state index >= 15 is 0 Å². The van der Waals surface area contributed by atoms with Crippen LogP contribution in [0, 0.1) is 0 Å². The van der Waals surface area contributed by atoms with Crippen LogP contribution in [0.3, 0.4) is 0 Å². The Hall–Kier alpha value is -3.24. The summed E-state index contributed by atoms with van der Waals surface area (Å²) < 4.78 is 5.07. The average molecular weight is 398 g/mol. The van der Waals surface area contributed by atoms with Crippen molar-refractivity contribution in [2.24, 2.45) is 11.5 Å². The Kier molecular flexibility index (Phi) is 21.2. The Morgan fingerprint density at radius 3 is 1.71 bits per heavy atom. The van der Waals surface area contributed by atoms with E-state index in [-0.39, 0.29) is 18.5 Å². The van der Waals surface area contributed by atoms with Crippen LogP contribution in [-0.4, -0.2) is 66.7 Å². The van der Waals surface area contributed by atoms with Crippen molar-refractivity contribution in [1.29, 1.82) is 0 Å². The number of morpholine rings is 1. The summed E-state index contributed by atoms with van der Waals surface area (Å²) in [6.45, 7) is 16.9. The van der Waals surface area contributed by atoms with Crippen molar-refractivity contribution in [1.82, 2.24) is 10.2 Å². The summed E-state index contributed by atoms with van der Waals surface area (Å²) in [5, 5.41) is 10.1. The van der Waals surface area contributed by atoms with Crippen molar-refractivity contribution in [3.05, 3.63) is 50.1 Å². The first-order valence-electron chi connectivity index (χ1n) is 7.94. The van der Waals surface area contributed by atoms with Crippen molar-refractivity contribution in [2.45, 2.75) is 6.92 Å². The Labute approximate surface area is 165 Å². The molecule has 1 rings (SSSR count). The molecule has 0 saturated carbocycles. The van der Waals surface area contributed by atoms with E-state index in [2.05, 4.69) is 37.4 Å². The largest absolute Gasteiger partial charge is 0.378 e. The second-order valence-corrected chi connectivity index (χ2v) is 4.80. The zero-order valence-corrected chi connectivity index (χ0v) is 16.2. The first-order chi connectivity index (χ1) is 13.1. The van der Waals surface area contributed by atoms with Crippen molar-refractivity contribution >= 4 is 23.6 Å². The Morgan fingerprint density at radius 2 is 1.50 bits per heavy atom. The smallest absolute Gasteiger partial charge is 0.246 e. The fraction of sp³-hybridized carbons (Fsp3) is 0.333. The predicted molar refractivity (Wildman–Crippen MR) is 106 cm³/mol. The van der Waals surface area contributed by atoms with E-state index in [1.165, 1.54) is 6.08 Å². The van der Waals surface area contributed by atoms with E-state index in [1.54, 1.807) is 11.8 Å². The summed E-state index contributed by atoms with van der Waals surface area (Å²) in [5.41, 5.74) is 9.63. The molecule has 1 heterocycles. The molecule has 158 valence electrons. The molecule has 0 bridgehead atoms. The summed E-state index contributed by atoms with van der Waals surface area (Å²) in [6.07, 6.45) is 3.49. The molecule has 0 unspecified atom stereocenters. The third kappa shape index (κ3) is 22.8. The van der Waals surface area contributed by atoms with E-state index in [0.717, 1.165) is 12.2 Å². The minimum absolute atomic E-state index is 0.00306. The van der Waals surface area contributed by atoms with Gasteiger partial charge in [0.05, 0.1) is 13.2 Å². The third-order valence-corrected chi connectivity index (χ3v) is 2.56. The van der Waals surface area contributed by atoms with E-state index < -0.39 is 11.8 Å². The second-order valence-electron chi connectivity index (χ2n) is 4.80. The van der Waals surface area contributed by atoms with Gasteiger partial charge in [-0.2, -0.15) is 0 Å². The fourth-order valence-electron chi connectivity index (χ4n) is 1.06. The van der Waals surface area contributed by atoms with Crippen molar-refractivity contribution in [3.63, 3.8) is 0 Å². The van der Waals surface area contributed by atoms with Crippen LogP contribution in [0.2, 0.25) is 0 Å². The van der Waals surface area contributed by atoms with Crippen molar-refractivity contribution in [2.75, 3.05) is 33.0 Å². The number of nitrogens with zero attached hydrogens (tertiary/aromatic N) is 1. The molecule has 1 fully saturated rings. The summed E-state index contributed by atoms with van der Waals surface area (Å²) in [5.74, 6) is -1.27. The number of nitrogens with one attached hydrogen (secondary N) is 1. The number of carbonyl (C=O) groups excluding carboxylic acids is 4. The lowest BCUT2D eigenvalue weighted by Gasteiger charge is -2.25. The lowest BCUT2D eigenvalue weighted by atomic mass is 10.3. The predicted octanol–water partition coefficient (Wildman–Crippen LogP) is -1.02. The topological polar surface area (TPSA) is 165 Å². The van der Waals surface area contributed by atoms with Crippen LogP contribution >= 0.6 is 0 Å². The zero-order valence-electron chi connectivity index (χ0n) is 16.2. The molecule has 1 saturated heterocycles. The van der Waals surface area contributed by atoms with Gasteiger partial charge in [0.15, 0.2) is 0 Å². The number of primary amides is 2. The number of amides is 4. The van der Waals surface area contributed by atoms with Gasteiger partial charge in [0.1, 0.15) is 6.73 Å². The SMILES string of the molecule is C=C(C)C(N)=O.C=CC(=O)N1CCOCC1.C=CC(=O)NCO.C=CC(N)=O. The minimum Gasteiger partial charge on any atom is -0.378 e. The molecule has 1 aliphatic heterocycles. The fourth-order valence-corrected chi connectivity index (χ4v) is 1.06. The number of aliphatic hydroxyl groups excluding tert-OH is 1. The quantitative estimate of drug-likeness (QED) is 0.342. The highest BCUT2D eigenvalue weighted by Gasteiger charge is 2.12. The summed E-state index contributed by atoms with van der Waals surface area (Å²) in [7, 11) is 0. The molecule has 10 nitrogen and oxygen atoms in total. The Balaban J connectivity index is -0.000000311. The number of hydrogen-bond donors (Lipinski definition) is 4. The lowest BCUT2D eigenvalue weighted by molar-refractivity contribution is -0.130. The highest BCUT2D eigenvalue weighted by molar-refractivity contribution is 5.90. The van der Waals surface area contributed by atoms with Gasteiger partial charge in [-0.1, -0.05) is 26.3 Å². The zero-order chi connectivity index (χ0) is 22.5. The van der Waals surface area contributed by atoms with Crippen molar-refractivity contribution in [3.8, 4) is 0 Å². The van der Waals surface area contributed by atoms with E-state index in [4.69, 9.17) is 15.6 Å². The van der Waals surface area contributed by atoms with Crippen LogP contribution in [0.15, 0.2) is 50.1 Å². The number of rotatable bonds is 5. The highest BCUT2D eigenvalue weighted by Crippen LogP contribution is 1.96. The number of nitrogens with two attached hydrogens (primary N) is 2. The Morgan fingerprint density at radius 1 is 1.07 bits per heavy atom. The maximum Gasteiger partial charge on any atom is 0.246 e. The molecule has 0 aromatic heterocycles. The number of carbonyl (C=O) groups is 4. The molecule has 0 atom stereocenters. The van der Waals surface area contributed by atoms with Crippen LogP contribution in [0.4, 0.5) is 0 Å². The van der Waals surface area contributed by atoms with E-state index in [0.29, 0.717) is 31.9 Å². The monoisotopic (exact) mass is 398 g/mol. The maximum absolute atomic E-state index is 10.9. The standard InChI is InChI=1S/C7H11NO2.C4H7NO2.C4H7NO.C3H5NO/c1-2-7(9)8-3-5-10-6-4-8;1-2-4(7)5-3-6;1-3(2)4(5)6;1-2-3(4)5/h2H,1,3-6H2;2,6H,1,3H2,(H,5,7);1H2,2H3,(H2,5,6);2H,1H2,(H2,4,5). The molecular weight excluding hydrogens is 368 g/mol. The average Bonchev–Trinajstić information content (AvgIpc) is 2.69. The van der Waals surface area contributed by atoms with E-state index in [9.17, 15) is 19.2 Å². The van der Waals surface area contributed by atoms with E-state index in [1.807, 2.05) is 0 Å². The first kappa shape index (κ1) is 29.5. The number of hydrogen-bond acceptors (Lipinski definition) is 6. The molecule has 4 amide bonds. The van der Waals surface area contributed by atoms with Crippen LogP contribution in [0.25, 0.3) is 0 Å². The molecule has 6 N–H and O–H groups in total. The molecule has 1 aliphatic rings. The second kappa shape index (κ2) is 20.1. The molecule has 0 aromatic rings. The van der Waals surface area contributed by atoms with Crippen LogP contribution in [-0.2, 0) is 23.9 Å². The molecule has 10 heteroatoms. The summed E-state index contributed by atoms with van der Waals surface area (Å²) in [4.78, 5) is 42.0. The summed E-state index contributed by atoms with van der Waals surface area (Å²) >= 11 is 0. The van der Waals surface area contributed by atoms with Gasteiger partial charge >= 0.3 is 0 Å². The third-order valence-electron chi connectivity index (χ3n) is 2.56. The number of aliphatic hydroxyl groups is 1. The van der Waals surface area contributed by atoms with Gasteiger partial charge in [0.25, 0.3) is 0 Å². The first-order valence-corrected chi connectivity index (χ1v) is 7.94. The van der Waals surface area contributed by atoms with Gasteiger partial charge < -0.3 is 31.5 Å². The molecule has 0 aromatic carbocycles. The molecule has 0 aliphatic carbocycles. The van der Waals surface area contributed by atoms with Crippen LogP contribution < -0.4 is 16.8 Å². The summed E-state index contributed by atoms with van der Waals surface area (Å²) in [6, 6.07) is 0. The van der Waals surface area contributed by atoms with Gasteiger partial charge in [-0.25, -0.2) is 0 Å². The lowest BCUT2D eigenvalue weighted by Crippen LogP contribution is -2.39. The number of ether oxygens (including phenoxy) is 1. The highest BCUT2D eigenvalue weighted by atomic mass is 16.5. The molecule has 28 heavy (non-hydrogen) atoms. The molecular formula is C18H30N4O6. The van der Waals surface area contributed by atoms with Gasteiger partial charge in [-0.15, -0.1) is 0 Å².